The molecular formula is C33H40FN5O5SSi. The molecule has 2 aromatic heterocycles. The maximum atomic E-state index is 15.5. The minimum Gasteiger partial charge on any atom is -0.494 e. The van der Waals surface area contributed by atoms with Crippen LogP contribution in [0, 0.1) is 24.1 Å². The summed E-state index contributed by atoms with van der Waals surface area (Å²) in [6.07, 6.45) is 2.16. The fourth-order valence-corrected chi connectivity index (χ4v) is 7.60. The summed E-state index contributed by atoms with van der Waals surface area (Å²) in [5.41, 5.74) is 2.09. The molecule has 13 heteroatoms. The number of aryl methyl sites for hydroxylation is 1. The Morgan fingerprint density at radius 1 is 1.04 bits per heavy atom. The molecule has 0 radical (unpaired) electrons. The van der Waals surface area contributed by atoms with E-state index in [0.29, 0.717) is 28.6 Å². The van der Waals surface area contributed by atoms with Crippen LogP contribution in [0.25, 0.3) is 17.1 Å². The summed E-state index contributed by atoms with van der Waals surface area (Å²) in [4.78, 5) is 4.29. The Kier molecular flexibility index (Phi) is 10.1. The number of sulfone groups is 1. The summed E-state index contributed by atoms with van der Waals surface area (Å²) in [6.45, 7) is 13.4. The molecule has 0 fully saturated rings. The maximum Gasteiger partial charge on any atom is 0.192 e. The van der Waals surface area contributed by atoms with Gasteiger partial charge in [0.05, 0.1) is 37.2 Å². The molecule has 0 amide bonds. The molecule has 2 heterocycles. The first kappa shape index (κ1) is 34.7. The average molecular weight is 666 g/mol. The minimum atomic E-state index is -4.11. The lowest BCUT2D eigenvalue weighted by molar-refractivity contribution is 0.177. The molecule has 46 heavy (non-hydrogen) atoms. The van der Waals surface area contributed by atoms with Gasteiger partial charge in [-0.1, -0.05) is 32.9 Å². The minimum absolute atomic E-state index is 0.0688. The monoisotopic (exact) mass is 665 g/mol. The molecular weight excluding hydrogens is 626 g/mol. The lowest BCUT2D eigenvalue weighted by Gasteiger charge is -2.41. The number of nitriles is 1. The number of hydrogen-bond acceptors (Lipinski definition) is 9. The predicted molar refractivity (Wildman–Crippen MR) is 177 cm³/mol. The third kappa shape index (κ3) is 6.99. The highest BCUT2D eigenvalue weighted by Gasteiger charge is 2.44. The summed E-state index contributed by atoms with van der Waals surface area (Å²) < 4.78 is 63.9. The number of methoxy groups -OCH3 is 2. The highest BCUT2D eigenvalue weighted by Crippen LogP contribution is 2.43. The van der Waals surface area contributed by atoms with Crippen molar-refractivity contribution in [2.75, 3.05) is 14.2 Å². The maximum absolute atomic E-state index is 15.5. The second-order valence-corrected chi connectivity index (χ2v) is 19.8. The zero-order chi connectivity index (χ0) is 34.0. The first-order valence-corrected chi connectivity index (χ1v) is 19.3. The lowest BCUT2D eigenvalue weighted by atomic mass is 10.0. The van der Waals surface area contributed by atoms with Crippen molar-refractivity contribution in [3.63, 3.8) is 0 Å². The number of para-hydroxylation sites is 1. The molecule has 4 rings (SSSR count). The van der Waals surface area contributed by atoms with Gasteiger partial charge in [0.25, 0.3) is 0 Å². The molecule has 0 aliphatic heterocycles. The molecule has 0 bridgehead atoms. The van der Waals surface area contributed by atoms with Gasteiger partial charge in [-0.2, -0.15) is 5.26 Å². The SMILES string of the molecule is COc1cccc(OC)c1-n1c(CS(=O)(=O)[C@@H](C)[C@H](O[Si](C)(C)C(C)(C)C)c2ccc(C#N)cc2F)nnc1-c1cncc(C)c1. The van der Waals surface area contributed by atoms with Crippen molar-refractivity contribution in [2.45, 2.75) is 69.9 Å². The molecule has 2 atom stereocenters. The van der Waals surface area contributed by atoms with Gasteiger partial charge in [-0.15, -0.1) is 10.2 Å². The van der Waals surface area contributed by atoms with Gasteiger partial charge in [-0.05, 0) is 67.9 Å². The van der Waals surface area contributed by atoms with E-state index in [1.807, 2.05) is 52.9 Å². The Morgan fingerprint density at radius 2 is 1.70 bits per heavy atom. The first-order chi connectivity index (χ1) is 21.5. The predicted octanol–water partition coefficient (Wildman–Crippen LogP) is 6.73. The van der Waals surface area contributed by atoms with Crippen LogP contribution < -0.4 is 9.47 Å². The number of aromatic nitrogens is 4. The summed E-state index contributed by atoms with van der Waals surface area (Å²) in [5, 5.41) is 16.6. The number of benzene rings is 2. The van der Waals surface area contributed by atoms with E-state index < -0.39 is 41.1 Å². The van der Waals surface area contributed by atoms with Crippen LogP contribution in [0.15, 0.2) is 54.9 Å². The lowest BCUT2D eigenvalue weighted by Crippen LogP contribution is -2.45. The molecule has 0 aliphatic rings. The second kappa shape index (κ2) is 13.3. The van der Waals surface area contributed by atoms with E-state index >= 15 is 4.39 Å². The van der Waals surface area contributed by atoms with Crippen molar-refractivity contribution in [3.05, 3.63) is 83.2 Å². The van der Waals surface area contributed by atoms with Crippen LogP contribution in [0.3, 0.4) is 0 Å². The van der Waals surface area contributed by atoms with Gasteiger partial charge in [-0.25, -0.2) is 12.8 Å². The molecule has 244 valence electrons. The zero-order valence-corrected chi connectivity index (χ0v) is 29.4. The van der Waals surface area contributed by atoms with E-state index in [1.54, 1.807) is 35.2 Å². The Balaban J connectivity index is 1.89. The Morgan fingerprint density at radius 3 is 2.24 bits per heavy atom. The number of halogens is 1. The summed E-state index contributed by atoms with van der Waals surface area (Å²) >= 11 is 0. The molecule has 2 aromatic carbocycles. The molecule has 4 aromatic rings. The molecule has 0 saturated carbocycles. The fraction of sp³-hybridized carbons (Fsp3) is 0.394. The van der Waals surface area contributed by atoms with Crippen LogP contribution in [0.4, 0.5) is 4.39 Å². The topological polar surface area (TPSA) is 129 Å². The van der Waals surface area contributed by atoms with Crippen molar-refractivity contribution in [1.82, 2.24) is 19.7 Å². The van der Waals surface area contributed by atoms with Gasteiger partial charge in [-0.3, -0.25) is 9.55 Å². The smallest absolute Gasteiger partial charge is 0.192 e. The number of ether oxygens (including phenoxy) is 2. The molecule has 0 saturated heterocycles. The standard InChI is InChI=1S/C33H40FN5O5SSi/c1-21-15-24(19-36-18-21)32-38-37-29(39(32)30-27(42-6)11-10-12-28(30)43-7)20-45(40,41)22(2)31(44-46(8,9)33(3,4)5)25-14-13-23(17-35)16-26(25)34/h10-16,18-19,22,31H,20H2,1-9H3/t22-,31-/m0/s1. The van der Waals surface area contributed by atoms with E-state index in [0.717, 1.165) is 11.6 Å². The van der Waals surface area contributed by atoms with Gasteiger partial charge < -0.3 is 13.9 Å². The summed E-state index contributed by atoms with van der Waals surface area (Å²) in [5.74, 6) is -0.0165. The van der Waals surface area contributed by atoms with E-state index in [2.05, 4.69) is 15.2 Å². The second-order valence-electron chi connectivity index (χ2n) is 12.7. The van der Waals surface area contributed by atoms with Crippen LogP contribution >= 0.6 is 0 Å². The van der Waals surface area contributed by atoms with E-state index in [-0.39, 0.29) is 22.0 Å². The van der Waals surface area contributed by atoms with Gasteiger partial charge in [0.15, 0.2) is 29.8 Å². The number of nitrogens with zero attached hydrogens (tertiary/aromatic N) is 5. The fourth-order valence-electron chi connectivity index (χ4n) is 4.79. The van der Waals surface area contributed by atoms with E-state index in [1.165, 1.54) is 33.3 Å². The molecule has 0 spiro atoms. The number of pyridine rings is 1. The van der Waals surface area contributed by atoms with E-state index in [4.69, 9.17) is 13.9 Å². The normalized spacial score (nSPS) is 13.6. The van der Waals surface area contributed by atoms with Crippen molar-refractivity contribution < 1.29 is 26.7 Å². The zero-order valence-electron chi connectivity index (χ0n) is 27.6. The Hall–Kier alpha value is -4.12. The van der Waals surface area contributed by atoms with Crippen molar-refractivity contribution in [2.24, 2.45) is 0 Å². The molecule has 0 N–H and O–H groups in total. The molecule has 0 aliphatic carbocycles. The largest absolute Gasteiger partial charge is 0.494 e. The van der Waals surface area contributed by atoms with Crippen molar-refractivity contribution in [1.29, 1.82) is 5.26 Å². The molecule has 0 unspecified atom stereocenters. The average Bonchev–Trinajstić information content (AvgIpc) is 3.40. The quantitative estimate of drug-likeness (QED) is 0.160. The van der Waals surface area contributed by atoms with Crippen LogP contribution in [0.2, 0.25) is 18.1 Å². The van der Waals surface area contributed by atoms with Crippen molar-refractivity contribution >= 4 is 18.2 Å². The molecule has 10 nitrogen and oxygen atoms in total. The summed E-state index contributed by atoms with van der Waals surface area (Å²) in [7, 11) is -3.74. The van der Waals surface area contributed by atoms with Crippen LogP contribution in [-0.4, -0.2) is 56.0 Å². The highest BCUT2D eigenvalue weighted by atomic mass is 32.2. The third-order valence-corrected chi connectivity index (χ3v) is 15.0. The first-order valence-electron chi connectivity index (χ1n) is 14.7. The van der Waals surface area contributed by atoms with Crippen LogP contribution in [-0.2, 0) is 20.0 Å². The Bertz CT molecular complexity index is 1860. The van der Waals surface area contributed by atoms with Gasteiger partial charge >= 0.3 is 0 Å². The van der Waals surface area contributed by atoms with Crippen LogP contribution in [0.1, 0.15) is 56.3 Å². The van der Waals surface area contributed by atoms with E-state index in [9.17, 15) is 13.7 Å². The summed E-state index contributed by atoms with van der Waals surface area (Å²) in [6, 6.07) is 13.0. The highest BCUT2D eigenvalue weighted by molar-refractivity contribution is 7.91. The number of hydrogen-bond donors (Lipinski definition) is 0. The van der Waals surface area contributed by atoms with Crippen molar-refractivity contribution in [3.8, 4) is 34.6 Å². The number of rotatable bonds is 11. The van der Waals surface area contributed by atoms with Gasteiger partial charge in [0, 0.05) is 23.5 Å². The van der Waals surface area contributed by atoms with Crippen LogP contribution in [0.5, 0.6) is 11.5 Å². The van der Waals surface area contributed by atoms with Gasteiger partial charge in [0.2, 0.25) is 0 Å². The Labute approximate surface area is 271 Å². The third-order valence-electron chi connectivity index (χ3n) is 8.48. The van der Waals surface area contributed by atoms with Gasteiger partial charge in [0.1, 0.15) is 28.8 Å².